The van der Waals surface area contributed by atoms with E-state index in [0.717, 1.165) is 12.4 Å². The van der Waals surface area contributed by atoms with Gasteiger partial charge in [0, 0.05) is 16.8 Å². The van der Waals surface area contributed by atoms with Gasteiger partial charge < -0.3 is 11.1 Å². The first kappa shape index (κ1) is 11.9. The summed E-state index contributed by atoms with van der Waals surface area (Å²) in [5.74, 6) is 1.19. The fraction of sp³-hybridized carbons (Fsp3) is 0.333. The summed E-state index contributed by atoms with van der Waals surface area (Å²) >= 11 is 1.77. The minimum atomic E-state index is 0.0806. The van der Waals surface area contributed by atoms with Crippen molar-refractivity contribution in [1.29, 1.82) is 0 Å². The Morgan fingerprint density at radius 3 is 2.71 bits per heavy atom. The maximum atomic E-state index is 5.49. The molecule has 90 valence electrons. The van der Waals surface area contributed by atoms with Crippen LogP contribution in [0.2, 0.25) is 0 Å². The fourth-order valence-corrected chi connectivity index (χ4v) is 2.35. The molecule has 2 heterocycles. The van der Waals surface area contributed by atoms with E-state index in [1.54, 1.807) is 17.4 Å². The lowest BCUT2D eigenvalue weighted by molar-refractivity contribution is 0.568. The molecule has 0 amide bonds. The van der Waals surface area contributed by atoms with Gasteiger partial charge in [0.25, 0.3) is 0 Å². The normalized spacial score (nSPS) is 11.4. The maximum absolute atomic E-state index is 5.49. The number of thiophene rings is 1. The largest absolute Gasteiger partial charge is 0.382 e. The van der Waals surface area contributed by atoms with Crippen LogP contribution >= 0.6 is 11.3 Å². The molecule has 0 saturated heterocycles. The Bertz CT molecular complexity index is 462. The Morgan fingerprint density at radius 1 is 1.29 bits per heavy atom. The number of rotatable bonds is 4. The predicted octanol–water partition coefficient (Wildman–Crippen LogP) is 2.51. The van der Waals surface area contributed by atoms with Gasteiger partial charge in [0.2, 0.25) is 0 Å². The quantitative estimate of drug-likeness (QED) is 0.872. The van der Waals surface area contributed by atoms with Crippen molar-refractivity contribution in [2.24, 2.45) is 0 Å². The standard InChI is InChI=1S/C12H16N4S/c1-12(2,9-4-3-7-17-9)8-14-11-6-5-10(13)15-16-11/h3-7H,8H2,1-2H3,(H2,13,15)(H,14,16). The zero-order valence-corrected chi connectivity index (χ0v) is 10.8. The van der Waals surface area contributed by atoms with Crippen molar-refractivity contribution in [3.05, 3.63) is 34.5 Å². The summed E-state index contributed by atoms with van der Waals surface area (Å²) < 4.78 is 0. The van der Waals surface area contributed by atoms with Crippen LogP contribution in [-0.2, 0) is 5.41 Å². The molecule has 0 spiro atoms. The maximum Gasteiger partial charge on any atom is 0.148 e. The molecule has 4 nitrogen and oxygen atoms in total. The van der Waals surface area contributed by atoms with Crippen molar-refractivity contribution in [2.75, 3.05) is 17.6 Å². The monoisotopic (exact) mass is 248 g/mol. The molecule has 0 radical (unpaired) electrons. The van der Waals surface area contributed by atoms with Gasteiger partial charge in [0.1, 0.15) is 11.6 Å². The molecule has 0 saturated carbocycles. The molecule has 0 bridgehead atoms. The number of anilines is 2. The van der Waals surface area contributed by atoms with Gasteiger partial charge in [0.05, 0.1) is 0 Å². The van der Waals surface area contributed by atoms with Crippen LogP contribution in [-0.4, -0.2) is 16.7 Å². The third-order valence-corrected chi connectivity index (χ3v) is 3.82. The van der Waals surface area contributed by atoms with E-state index < -0.39 is 0 Å². The lowest BCUT2D eigenvalue weighted by atomic mass is 9.91. The molecule has 0 unspecified atom stereocenters. The average molecular weight is 248 g/mol. The molecule has 0 aliphatic rings. The highest BCUT2D eigenvalue weighted by Gasteiger charge is 2.21. The van der Waals surface area contributed by atoms with E-state index in [-0.39, 0.29) is 5.41 Å². The van der Waals surface area contributed by atoms with Gasteiger partial charge >= 0.3 is 0 Å². The second-order valence-corrected chi connectivity index (χ2v) is 5.51. The molecule has 0 fully saturated rings. The van der Waals surface area contributed by atoms with Crippen LogP contribution in [0.3, 0.4) is 0 Å². The summed E-state index contributed by atoms with van der Waals surface area (Å²) in [5.41, 5.74) is 5.57. The van der Waals surface area contributed by atoms with Crippen molar-refractivity contribution in [3.8, 4) is 0 Å². The van der Waals surface area contributed by atoms with Gasteiger partial charge in [-0.15, -0.1) is 21.5 Å². The van der Waals surface area contributed by atoms with Gasteiger partial charge in [-0.1, -0.05) is 19.9 Å². The van der Waals surface area contributed by atoms with Gasteiger partial charge in [-0.3, -0.25) is 0 Å². The van der Waals surface area contributed by atoms with Crippen molar-refractivity contribution >= 4 is 23.0 Å². The highest BCUT2D eigenvalue weighted by molar-refractivity contribution is 7.10. The van der Waals surface area contributed by atoms with Gasteiger partial charge in [0.15, 0.2) is 0 Å². The number of nitrogen functional groups attached to an aromatic ring is 1. The summed E-state index contributed by atoms with van der Waals surface area (Å²) in [7, 11) is 0. The SMILES string of the molecule is CC(C)(CNc1ccc(N)nn1)c1cccs1. The van der Waals surface area contributed by atoms with E-state index in [1.807, 2.05) is 6.07 Å². The molecule has 5 heteroatoms. The summed E-state index contributed by atoms with van der Waals surface area (Å²) in [4.78, 5) is 1.36. The third-order valence-electron chi connectivity index (χ3n) is 2.58. The van der Waals surface area contributed by atoms with E-state index in [0.29, 0.717) is 5.82 Å². The van der Waals surface area contributed by atoms with Gasteiger partial charge in [-0.2, -0.15) is 0 Å². The summed E-state index contributed by atoms with van der Waals surface area (Å²) in [6.07, 6.45) is 0. The highest BCUT2D eigenvalue weighted by atomic mass is 32.1. The second-order valence-electron chi connectivity index (χ2n) is 4.56. The zero-order valence-electron chi connectivity index (χ0n) is 9.97. The molecule has 0 aliphatic heterocycles. The van der Waals surface area contributed by atoms with Crippen molar-refractivity contribution in [1.82, 2.24) is 10.2 Å². The van der Waals surface area contributed by atoms with E-state index in [1.165, 1.54) is 4.88 Å². The van der Waals surface area contributed by atoms with E-state index in [2.05, 4.69) is 46.9 Å². The molecule has 0 atom stereocenters. The van der Waals surface area contributed by atoms with Crippen LogP contribution in [0.15, 0.2) is 29.6 Å². The second kappa shape index (κ2) is 4.71. The van der Waals surface area contributed by atoms with E-state index in [9.17, 15) is 0 Å². The van der Waals surface area contributed by atoms with Crippen LogP contribution in [0, 0.1) is 0 Å². The van der Waals surface area contributed by atoms with Gasteiger partial charge in [-0.25, -0.2) is 0 Å². The Kier molecular flexibility index (Phi) is 3.28. The van der Waals surface area contributed by atoms with E-state index in [4.69, 9.17) is 5.73 Å². The Morgan fingerprint density at radius 2 is 2.12 bits per heavy atom. The summed E-state index contributed by atoms with van der Waals surface area (Å²) in [6.45, 7) is 5.22. The van der Waals surface area contributed by atoms with Crippen LogP contribution in [0.1, 0.15) is 18.7 Å². The van der Waals surface area contributed by atoms with Crippen molar-refractivity contribution < 1.29 is 0 Å². The molecule has 17 heavy (non-hydrogen) atoms. The highest BCUT2D eigenvalue weighted by Crippen LogP contribution is 2.27. The summed E-state index contributed by atoms with van der Waals surface area (Å²) in [6, 6.07) is 7.81. The molecule has 3 N–H and O–H groups in total. The topological polar surface area (TPSA) is 63.8 Å². The van der Waals surface area contributed by atoms with E-state index >= 15 is 0 Å². The number of nitrogens with two attached hydrogens (primary N) is 1. The number of nitrogens with one attached hydrogen (secondary N) is 1. The minimum absolute atomic E-state index is 0.0806. The lowest BCUT2D eigenvalue weighted by Gasteiger charge is -2.23. The molecular weight excluding hydrogens is 232 g/mol. The molecule has 2 aromatic heterocycles. The van der Waals surface area contributed by atoms with Gasteiger partial charge in [-0.05, 0) is 23.6 Å². The fourth-order valence-electron chi connectivity index (χ4n) is 1.50. The van der Waals surface area contributed by atoms with Crippen molar-refractivity contribution in [2.45, 2.75) is 19.3 Å². The third kappa shape index (κ3) is 2.94. The Balaban J connectivity index is 2.00. The lowest BCUT2D eigenvalue weighted by Crippen LogP contribution is -2.26. The average Bonchev–Trinajstić information content (AvgIpc) is 2.82. The summed E-state index contributed by atoms with van der Waals surface area (Å²) in [5, 5.41) is 13.2. The van der Waals surface area contributed by atoms with Crippen LogP contribution in [0.25, 0.3) is 0 Å². The minimum Gasteiger partial charge on any atom is -0.382 e. The molecule has 0 aliphatic carbocycles. The number of hydrogen-bond acceptors (Lipinski definition) is 5. The first-order valence-corrected chi connectivity index (χ1v) is 6.33. The van der Waals surface area contributed by atoms with Crippen LogP contribution < -0.4 is 11.1 Å². The number of nitrogens with zero attached hydrogens (tertiary/aromatic N) is 2. The smallest absolute Gasteiger partial charge is 0.148 e. The van der Waals surface area contributed by atoms with Crippen molar-refractivity contribution in [3.63, 3.8) is 0 Å². The first-order chi connectivity index (χ1) is 8.08. The Hall–Kier alpha value is -1.62. The molecular formula is C12H16N4S. The number of hydrogen-bond donors (Lipinski definition) is 2. The Labute approximate surface area is 105 Å². The van der Waals surface area contributed by atoms with Crippen LogP contribution in [0.4, 0.5) is 11.6 Å². The predicted molar refractivity (Wildman–Crippen MR) is 72.3 cm³/mol. The molecule has 2 aromatic rings. The number of aromatic nitrogens is 2. The van der Waals surface area contributed by atoms with Crippen LogP contribution in [0.5, 0.6) is 0 Å². The zero-order chi connectivity index (χ0) is 12.3. The molecule has 2 rings (SSSR count). The first-order valence-electron chi connectivity index (χ1n) is 5.45. The molecule has 0 aromatic carbocycles.